The van der Waals surface area contributed by atoms with Gasteiger partial charge in [0.1, 0.15) is 11.5 Å². The number of hydrogen-bond donors (Lipinski definition) is 2. The van der Waals surface area contributed by atoms with Crippen molar-refractivity contribution in [2.75, 3.05) is 0 Å². The second-order valence-electron chi connectivity index (χ2n) is 4.38. The van der Waals surface area contributed by atoms with Crippen LogP contribution in [0.4, 0.5) is 0 Å². The van der Waals surface area contributed by atoms with E-state index in [2.05, 4.69) is 23.4 Å². The van der Waals surface area contributed by atoms with Crippen LogP contribution >= 0.6 is 0 Å². The normalized spacial score (nSPS) is 12.6. The molecule has 0 aliphatic rings. The summed E-state index contributed by atoms with van der Waals surface area (Å²) in [7, 11) is 0. The van der Waals surface area contributed by atoms with Crippen molar-refractivity contribution >= 4 is 0 Å². The van der Waals surface area contributed by atoms with Crippen molar-refractivity contribution in [2.45, 2.75) is 32.7 Å². The summed E-state index contributed by atoms with van der Waals surface area (Å²) < 4.78 is 5.58. The average molecular weight is 245 g/mol. The van der Waals surface area contributed by atoms with E-state index in [4.69, 9.17) is 10.3 Å². The van der Waals surface area contributed by atoms with Gasteiger partial charge in [-0.1, -0.05) is 13.0 Å². The van der Waals surface area contributed by atoms with Crippen molar-refractivity contribution in [3.63, 3.8) is 0 Å². The third-order valence-corrected chi connectivity index (χ3v) is 3.01. The maximum absolute atomic E-state index is 5.58. The maximum Gasteiger partial charge on any atom is 0.122 e. The van der Waals surface area contributed by atoms with E-state index >= 15 is 0 Å². The lowest BCUT2D eigenvalue weighted by atomic mass is 10.1. The van der Waals surface area contributed by atoms with Crippen LogP contribution in [0.5, 0.6) is 0 Å². The highest BCUT2D eigenvalue weighted by Crippen LogP contribution is 2.19. The van der Waals surface area contributed by atoms with Gasteiger partial charge in [0.15, 0.2) is 0 Å². The van der Waals surface area contributed by atoms with Crippen LogP contribution in [-0.2, 0) is 12.8 Å². The van der Waals surface area contributed by atoms with Crippen molar-refractivity contribution in [1.82, 2.24) is 10.4 Å². The van der Waals surface area contributed by atoms with Gasteiger partial charge in [-0.3, -0.25) is 10.8 Å². The fourth-order valence-corrected chi connectivity index (χ4v) is 1.88. The third-order valence-electron chi connectivity index (χ3n) is 3.01. The Balaban J connectivity index is 2.10. The first-order chi connectivity index (χ1) is 8.72. The van der Waals surface area contributed by atoms with Gasteiger partial charge in [-0.25, -0.2) is 5.43 Å². The Labute approximate surface area is 107 Å². The lowest BCUT2D eigenvalue weighted by Crippen LogP contribution is -2.29. The highest BCUT2D eigenvalue weighted by molar-refractivity contribution is 5.17. The summed E-state index contributed by atoms with van der Waals surface area (Å²) in [6.45, 7) is 4.04. The molecular weight excluding hydrogens is 226 g/mol. The highest BCUT2D eigenvalue weighted by atomic mass is 16.3. The first kappa shape index (κ1) is 12.8. The van der Waals surface area contributed by atoms with Gasteiger partial charge >= 0.3 is 0 Å². The van der Waals surface area contributed by atoms with Crippen LogP contribution < -0.4 is 11.3 Å². The van der Waals surface area contributed by atoms with E-state index in [1.54, 1.807) is 0 Å². The lowest BCUT2D eigenvalue weighted by Gasteiger charge is -2.13. The minimum Gasteiger partial charge on any atom is -0.465 e. The molecule has 96 valence electrons. The Hall–Kier alpha value is -1.65. The standard InChI is InChI=1S/C14H19N3O/c1-3-11-5-6-12(16-9-11)8-13(17-15)14-7-4-10(2)18-14/h4-7,9,13,17H,3,8,15H2,1-2H3. The lowest BCUT2D eigenvalue weighted by molar-refractivity contribution is 0.401. The van der Waals surface area contributed by atoms with Crippen molar-refractivity contribution < 1.29 is 4.42 Å². The molecule has 0 fully saturated rings. The van der Waals surface area contributed by atoms with Gasteiger partial charge < -0.3 is 4.42 Å². The molecular formula is C14H19N3O. The fraction of sp³-hybridized carbons (Fsp3) is 0.357. The molecule has 18 heavy (non-hydrogen) atoms. The van der Waals surface area contributed by atoms with E-state index in [0.717, 1.165) is 23.6 Å². The summed E-state index contributed by atoms with van der Waals surface area (Å²) >= 11 is 0. The topological polar surface area (TPSA) is 64.1 Å². The van der Waals surface area contributed by atoms with Crippen molar-refractivity contribution in [3.8, 4) is 0 Å². The molecule has 2 rings (SSSR count). The predicted molar refractivity (Wildman–Crippen MR) is 70.8 cm³/mol. The molecule has 4 heteroatoms. The molecule has 0 radical (unpaired) electrons. The van der Waals surface area contributed by atoms with Crippen molar-refractivity contribution in [3.05, 3.63) is 53.2 Å². The van der Waals surface area contributed by atoms with Crippen LogP contribution in [0.1, 0.15) is 35.7 Å². The number of aromatic nitrogens is 1. The number of hydrogen-bond acceptors (Lipinski definition) is 4. The summed E-state index contributed by atoms with van der Waals surface area (Å²) in [4.78, 5) is 4.43. The molecule has 2 aromatic heterocycles. The molecule has 0 saturated heterocycles. The highest BCUT2D eigenvalue weighted by Gasteiger charge is 2.14. The molecule has 0 aliphatic heterocycles. The average Bonchev–Trinajstić information content (AvgIpc) is 2.83. The van der Waals surface area contributed by atoms with Crippen LogP contribution in [0, 0.1) is 6.92 Å². The van der Waals surface area contributed by atoms with Crippen LogP contribution in [0.2, 0.25) is 0 Å². The largest absolute Gasteiger partial charge is 0.465 e. The molecule has 0 aliphatic carbocycles. The number of nitrogens with zero attached hydrogens (tertiary/aromatic N) is 1. The molecule has 1 atom stereocenters. The van der Waals surface area contributed by atoms with Crippen molar-refractivity contribution in [1.29, 1.82) is 0 Å². The quantitative estimate of drug-likeness (QED) is 0.626. The molecule has 2 heterocycles. The molecule has 2 aromatic rings. The molecule has 4 nitrogen and oxygen atoms in total. The van der Waals surface area contributed by atoms with Crippen molar-refractivity contribution in [2.24, 2.45) is 5.84 Å². The minimum atomic E-state index is -0.0429. The summed E-state index contributed by atoms with van der Waals surface area (Å²) in [6.07, 6.45) is 3.63. The first-order valence-electron chi connectivity index (χ1n) is 6.19. The maximum atomic E-state index is 5.58. The van der Waals surface area contributed by atoms with Gasteiger partial charge in [0.2, 0.25) is 0 Å². The van der Waals surface area contributed by atoms with E-state index in [9.17, 15) is 0 Å². The third kappa shape index (κ3) is 2.97. The molecule has 0 bridgehead atoms. The van der Waals surface area contributed by atoms with Gasteiger partial charge in [-0.15, -0.1) is 0 Å². The molecule has 3 N–H and O–H groups in total. The number of aryl methyl sites for hydroxylation is 2. The summed E-state index contributed by atoms with van der Waals surface area (Å²) in [5.41, 5.74) is 5.02. The second kappa shape index (κ2) is 5.80. The second-order valence-corrected chi connectivity index (χ2v) is 4.38. The summed E-state index contributed by atoms with van der Waals surface area (Å²) in [5, 5.41) is 0. The van der Waals surface area contributed by atoms with Gasteiger partial charge in [-0.2, -0.15) is 0 Å². The van der Waals surface area contributed by atoms with Gasteiger partial charge in [0, 0.05) is 18.3 Å². The Morgan fingerprint density at radius 3 is 2.67 bits per heavy atom. The van der Waals surface area contributed by atoms with Gasteiger partial charge in [0.25, 0.3) is 0 Å². The van der Waals surface area contributed by atoms with Gasteiger partial charge in [-0.05, 0) is 37.1 Å². The Morgan fingerprint density at radius 2 is 2.17 bits per heavy atom. The van der Waals surface area contributed by atoms with Crippen LogP contribution in [0.25, 0.3) is 0 Å². The zero-order chi connectivity index (χ0) is 13.0. The Bertz CT molecular complexity index is 490. The molecule has 0 aromatic carbocycles. The molecule has 0 amide bonds. The Kier molecular flexibility index (Phi) is 4.12. The number of hydrazine groups is 1. The number of furan rings is 1. The minimum absolute atomic E-state index is 0.0429. The number of pyridine rings is 1. The monoisotopic (exact) mass is 245 g/mol. The van der Waals surface area contributed by atoms with Crippen LogP contribution in [0.15, 0.2) is 34.9 Å². The zero-order valence-electron chi connectivity index (χ0n) is 10.8. The molecule has 1 unspecified atom stereocenters. The van der Waals surface area contributed by atoms with Gasteiger partial charge in [0.05, 0.1) is 6.04 Å². The first-order valence-corrected chi connectivity index (χ1v) is 6.19. The number of rotatable bonds is 5. The van der Waals surface area contributed by atoms with E-state index in [1.807, 2.05) is 31.3 Å². The SMILES string of the molecule is CCc1ccc(CC(NN)c2ccc(C)o2)nc1. The van der Waals surface area contributed by atoms with E-state index in [0.29, 0.717) is 6.42 Å². The van der Waals surface area contributed by atoms with E-state index in [-0.39, 0.29) is 6.04 Å². The smallest absolute Gasteiger partial charge is 0.122 e. The molecule has 0 spiro atoms. The Morgan fingerprint density at radius 1 is 1.33 bits per heavy atom. The summed E-state index contributed by atoms with van der Waals surface area (Å²) in [5.74, 6) is 7.31. The van der Waals surface area contributed by atoms with Crippen LogP contribution in [-0.4, -0.2) is 4.98 Å². The number of nitrogens with two attached hydrogens (primary N) is 1. The molecule has 0 saturated carbocycles. The van der Waals surface area contributed by atoms with E-state index in [1.165, 1.54) is 5.56 Å². The predicted octanol–water partition coefficient (Wildman–Crippen LogP) is 2.29. The zero-order valence-corrected chi connectivity index (χ0v) is 10.8. The number of nitrogens with one attached hydrogen (secondary N) is 1. The fourth-order valence-electron chi connectivity index (χ4n) is 1.88. The summed E-state index contributed by atoms with van der Waals surface area (Å²) in [6, 6.07) is 7.98. The van der Waals surface area contributed by atoms with E-state index < -0.39 is 0 Å². The van der Waals surface area contributed by atoms with Crippen LogP contribution in [0.3, 0.4) is 0 Å².